The minimum atomic E-state index is 0.0516. The van der Waals surface area contributed by atoms with Crippen molar-refractivity contribution in [1.29, 1.82) is 0 Å². The van der Waals surface area contributed by atoms with Gasteiger partial charge in [-0.1, -0.05) is 27.7 Å². The molecule has 0 saturated heterocycles. The van der Waals surface area contributed by atoms with E-state index >= 15 is 0 Å². The third-order valence-corrected chi connectivity index (χ3v) is 3.69. The number of carbonyl (C=O) groups excluding carboxylic acids is 1. The molecule has 118 valence electrons. The second-order valence-electron chi connectivity index (χ2n) is 5.78. The maximum absolute atomic E-state index is 12.8. The highest BCUT2D eigenvalue weighted by molar-refractivity contribution is 5.95. The van der Waals surface area contributed by atoms with Gasteiger partial charge in [0.1, 0.15) is 5.75 Å². The van der Waals surface area contributed by atoms with Crippen LogP contribution in [0.5, 0.6) is 5.75 Å². The summed E-state index contributed by atoms with van der Waals surface area (Å²) in [5, 5.41) is 0. The summed E-state index contributed by atoms with van der Waals surface area (Å²) in [5.41, 5.74) is 7.00. The third-order valence-electron chi connectivity index (χ3n) is 3.69. The number of amides is 1. The van der Waals surface area contributed by atoms with Gasteiger partial charge in [-0.15, -0.1) is 0 Å². The summed E-state index contributed by atoms with van der Waals surface area (Å²) < 4.78 is 5.21. The molecule has 1 amide bonds. The van der Waals surface area contributed by atoms with Crippen molar-refractivity contribution in [2.45, 2.75) is 46.6 Å². The van der Waals surface area contributed by atoms with E-state index in [9.17, 15) is 4.79 Å². The fourth-order valence-corrected chi connectivity index (χ4v) is 2.53. The lowest BCUT2D eigenvalue weighted by Crippen LogP contribution is -2.42. The summed E-state index contributed by atoms with van der Waals surface area (Å²) in [6.07, 6.45) is 1.92. The number of nitrogens with two attached hydrogens (primary N) is 1. The van der Waals surface area contributed by atoms with Gasteiger partial charge in [-0.25, -0.2) is 0 Å². The van der Waals surface area contributed by atoms with E-state index in [-0.39, 0.29) is 11.9 Å². The Bertz CT molecular complexity index is 468. The topological polar surface area (TPSA) is 55.6 Å². The second-order valence-corrected chi connectivity index (χ2v) is 5.78. The van der Waals surface area contributed by atoms with Gasteiger partial charge in [0.05, 0.1) is 12.8 Å². The van der Waals surface area contributed by atoms with Crippen LogP contribution in [0, 0.1) is 5.92 Å². The lowest BCUT2D eigenvalue weighted by atomic mass is 10.0. The molecule has 21 heavy (non-hydrogen) atoms. The number of anilines is 1. The zero-order valence-corrected chi connectivity index (χ0v) is 13.8. The molecule has 0 unspecified atom stereocenters. The lowest BCUT2D eigenvalue weighted by molar-refractivity contribution is 0.0640. The Morgan fingerprint density at radius 2 is 1.90 bits per heavy atom. The van der Waals surface area contributed by atoms with Crippen molar-refractivity contribution in [3.05, 3.63) is 23.8 Å². The quantitative estimate of drug-likeness (QED) is 0.782. The van der Waals surface area contributed by atoms with Crippen molar-refractivity contribution >= 4 is 11.6 Å². The molecule has 4 heteroatoms. The molecular formula is C17H28N2O2. The Morgan fingerprint density at radius 1 is 1.29 bits per heavy atom. The van der Waals surface area contributed by atoms with Gasteiger partial charge in [-0.2, -0.15) is 0 Å². The highest BCUT2D eigenvalue weighted by Gasteiger charge is 2.23. The summed E-state index contributed by atoms with van der Waals surface area (Å²) >= 11 is 0. The number of hydrogen-bond acceptors (Lipinski definition) is 3. The molecule has 0 atom stereocenters. The summed E-state index contributed by atoms with van der Waals surface area (Å²) in [6.45, 7) is 9.27. The fourth-order valence-electron chi connectivity index (χ4n) is 2.53. The predicted molar refractivity (Wildman–Crippen MR) is 87.7 cm³/mol. The Labute approximate surface area is 128 Å². The molecule has 4 nitrogen and oxygen atoms in total. The van der Waals surface area contributed by atoms with Gasteiger partial charge in [-0.05, 0) is 37.0 Å². The van der Waals surface area contributed by atoms with Crippen LogP contribution in [-0.4, -0.2) is 30.5 Å². The first kappa shape index (κ1) is 17.3. The van der Waals surface area contributed by atoms with Crippen LogP contribution in [0.25, 0.3) is 0 Å². The maximum atomic E-state index is 12.8. The first-order chi connectivity index (χ1) is 9.94. The summed E-state index contributed by atoms with van der Waals surface area (Å²) in [7, 11) is 1.56. The summed E-state index contributed by atoms with van der Waals surface area (Å²) in [4.78, 5) is 14.8. The Hall–Kier alpha value is -1.71. The smallest absolute Gasteiger partial charge is 0.254 e. The molecule has 0 aliphatic carbocycles. The molecule has 0 spiro atoms. The van der Waals surface area contributed by atoms with Gasteiger partial charge < -0.3 is 15.4 Å². The highest BCUT2D eigenvalue weighted by atomic mass is 16.5. The summed E-state index contributed by atoms with van der Waals surface area (Å²) in [5.74, 6) is 1.04. The molecule has 0 aliphatic rings. The van der Waals surface area contributed by atoms with E-state index < -0.39 is 0 Å². The molecule has 0 aromatic heterocycles. The molecule has 0 fully saturated rings. The van der Waals surface area contributed by atoms with E-state index in [0.29, 0.717) is 22.9 Å². The first-order valence-electron chi connectivity index (χ1n) is 7.68. The molecular weight excluding hydrogens is 264 g/mol. The van der Waals surface area contributed by atoms with Crippen LogP contribution in [0.2, 0.25) is 0 Å². The van der Waals surface area contributed by atoms with Crippen LogP contribution < -0.4 is 10.5 Å². The second kappa shape index (κ2) is 7.91. The zero-order chi connectivity index (χ0) is 16.0. The number of hydrogen-bond donors (Lipinski definition) is 1. The van der Waals surface area contributed by atoms with Gasteiger partial charge in [-0.3, -0.25) is 4.79 Å². The van der Waals surface area contributed by atoms with Crippen LogP contribution in [0.15, 0.2) is 18.2 Å². The maximum Gasteiger partial charge on any atom is 0.254 e. The van der Waals surface area contributed by atoms with E-state index in [1.807, 2.05) is 4.90 Å². The Balaban J connectivity index is 3.09. The number of carbonyl (C=O) groups is 1. The van der Waals surface area contributed by atoms with Gasteiger partial charge >= 0.3 is 0 Å². The minimum absolute atomic E-state index is 0.0516. The van der Waals surface area contributed by atoms with E-state index in [0.717, 1.165) is 19.4 Å². The average Bonchev–Trinajstić information content (AvgIpc) is 2.46. The van der Waals surface area contributed by atoms with E-state index in [2.05, 4.69) is 27.7 Å². The van der Waals surface area contributed by atoms with E-state index in [1.165, 1.54) is 0 Å². The van der Waals surface area contributed by atoms with Crippen LogP contribution in [0.1, 0.15) is 50.9 Å². The molecule has 2 N–H and O–H groups in total. The molecule has 0 aliphatic heterocycles. The van der Waals surface area contributed by atoms with Gasteiger partial charge in [0.15, 0.2) is 0 Å². The first-order valence-corrected chi connectivity index (χ1v) is 7.68. The molecule has 1 rings (SSSR count). The van der Waals surface area contributed by atoms with E-state index in [1.54, 1.807) is 25.3 Å². The summed E-state index contributed by atoms with van der Waals surface area (Å²) in [6, 6.07) is 5.50. The number of benzene rings is 1. The third kappa shape index (κ3) is 4.38. The zero-order valence-electron chi connectivity index (χ0n) is 13.8. The molecule has 1 aromatic carbocycles. The number of rotatable bonds is 7. The molecule has 0 radical (unpaired) electrons. The fraction of sp³-hybridized carbons (Fsp3) is 0.588. The Morgan fingerprint density at radius 3 is 2.38 bits per heavy atom. The van der Waals surface area contributed by atoms with Gasteiger partial charge in [0.2, 0.25) is 0 Å². The van der Waals surface area contributed by atoms with Crippen LogP contribution in [-0.2, 0) is 0 Å². The van der Waals surface area contributed by atoms with Gasteiger partial charge in [0, 0.05) is 18.2 Å². The lowest BCUT2D eigenvalue weighted by Gasteiger charge is -2.32. The minimum Gasteiger partial charge on any atom is -0.495 e. The molecule has 0 saturated carbocycles. The van der Waals surface area contributed by atoms with Crippen molar-refractivity contribution in [3.63, 3.8) is 0 Å². The molecule has 0 heterocycles. The average molecular weight is 292 g/mol. The van der Waals surface area contributed by atoms with Crippen molar-refractivity contribution in [1.82, 2.24) is 4.90 Å². The number of nitrogen functional groups attached to an aromatic ring is 1. The number of nitrogens with zero attached hydrogens (tertiary/aromatic N) is 1. The van der Waals surface area contributed by atoms with Crippen molar-refractivity contribution in [2.24, 2.45) is 5.92 Å². The highest BCUT2D eigenvalue weighted by Crippen LogP contribution is 2.24. The van der Waals surface area contributed by atoms with E-state index in [4.69, 9.17) is 10.5 Å². The van der Waals surface area contributed by atoms with Crippen LogP contribution >= 0.6 is 0 Å². The Kier molecular flexibility index (Phi) is 6.53. The SMILES string of the molecule is CCC(CC)N(CC(C)C)C(=O)c1ccc(N)c(OC)c1. The standard InChI is InChI=1S/C17H28N2O2/c1-6-14(7-2)19(11-12(3)4)17(20)13-8-9-15(18)16(10-13)21-5/h8-10,12,14H,6-7,11,18H2,1-5H3. The number of ether oxygens (including phenoxy) is 1. The number of methoxy groups -OCH3 is 1. The van der Waals surface area contributed by atoms with Crippen molar-refractivity contribution < 1.29 is 9.53 Å². The monoisotopic (exact) mass is 292 g/mol. The van der Waals surface area contributed by atoms with Crippen LogP contribution in [0.4, 0.5) is 5.69 Å². The largest absolute Gasteiger partial charge is 0.495 e. The molecule has 0 bridgehead atoms. The van der Waals surface area contributed by atoms with Crippen molar-refractivity contribution in [2.75, 3.05) is 19.4 Å². The van der Waals surface area contributed by atoms with Crippen molar-refractivity contribution in [3.8, 4) is 5.75 Å². The van der Waals surface area contributed by atoms with Gasteiger partial charge in [0.25, 0.3) is 5.91 Å². The molecule has 1 aromatic rings. The predicted octanol–water partition coefficient (Wildman–Crippen LogP) is 3.56. The van der Waals surface area contributed by atoms with Crippen LogP contribution in [0.3, 0.4) is 0 Å². The normalized spacial score (nSPS) is 11.0.